The van der Waals surface area contributed by atoms with Crippen LogP contribution in [0.1, 0.15) is 41.9 Å². The van der Waals surface area contributed by atoms with Gasteiger partial charge in [-0.15, -0.1) is 0 Å². The second-order valence-corrected chi connectivity index (χ2v) is 7.64. The van der Waals surface area contributed by atoms with Gasteiger partial charge in [-0.2, -0.15) is 13.2 Å². The lowest BCUT2D eigenvalue weighted by molar-refractivity contribution is -0.144. The van der Waals surface area contributed by atoms with E-state index in [2.05, 4.69) is 14.9 Å². The predicted octanol–water partition coefficient (Wildman–Crippen LogP) is 3.86. The monoisotopic (exact) mass is 404 g/mol. The average molecular weight is 404 g/mol. The highest BCUT2D eigenvalue weighted by Crippen LogP contribution is 2.28. The SMILES string of the molecule is O=C(c1ccc(-c2cnc(C(F)(F)F)nc2)cc1)N1CCCN(C2CCC2)CC1. The van der Waals surface area contributed by atoms with Crippen LogP contribution in [0, 0.1) is 0 Å². The molecule has 1 saturated heterocycles. The van der Waals surface area contributed by atoms with Gasteiger partial charge in [0.1, 0.15) is 0 Å². The van der Waals surface area contributed by atoms with Crippen molar-refractivity contribution in [3.05, 3.63) is 48.0 Å². The first-order valence-electron chi connectivity index (χ1n) is 9.95. The third kappa shape index (κ3) is 4.42. The summed E-state index contributed by atoms with van der Waals surface area (Å²) in [5.41, 5.74) is 1.73. The van der Waals surface area contributed by atoms with Crippen LogP contribution in [-0.4, -0.2) is 57.9 Å². The highest BCUT2D eigenvalue weighted by atomic mass is 19.4. The van der Waals surface area contributed by atoms with Gasteiger partial charge in [0, 0.05) is 55.7 Å². The molecule has 0 N–H and O–H groups in total. The van der Waals surface area contributed by atoms with E-state index >= 15 is 0 Å². The first-order valence-corrected chi connectivity index (χ1v) is 9.95. The minimum Gasteiger partial charge on any atom is -0.337 e. The molecule has 2 fully saturated rings. The third-order valence-electron chi connectivity index (χ3n) is 5.78. The number of carbonyl (C=O) groups excluding carboxylic acids is 1. The minimum absolute atomic E-state index is 0.00400. The van der Waals surface area contributed by atoms with Crippen LogP contribution in [0.2, 0.25) is 0 Å². The quantitative estimate of drug-likeness (QED) is 0.780. The summed E-state index contributed by atoms with van der Waals surface area (Å²) >= 11 is 0. The van der Waals surface area contributed by atoms with Gasteiger partial charge >= 0.3 is 6.18 Å². The number of alkyl halides is 3. The zero-order valence-corrected chi connectivity index (χ0v) is 16.0. The molecule has 0 spiro atoms. The number of benzene rings is 1. The van der Waals surface area contributed by atoms with Gasteiger partial charge in [0.05, 0.1) is 0 Å². The standard InChI is InChI=1S/C21H23F3N4O/c22-21(23,24)20-25-13-17(14-26-20)15-5-7-16(8-6-15)19(29)28-10-2-9-27(11-12-28)18-3-1-4-18/h5-8,13-14,18H,1-4,9-12H2. The van der Waals surface area contributed by atoms with Crippen molar-refractivity contribution >= 4 is 5.91 Å². The van der Waals surface area contributed by atoms with E-state index in [4.69, 9.17) is 0 Å². The zero-order valence-electron chi connectivity index (χ0n) is 16.0. The molecule has 154 valence electrons. The molecule has 29 heavy (non-hydrogen) atoms. The number of nitrogens with zero attached hydrogens (tertiary/aromatic N) is 4. The van der Waals surface area contributed by atoms with Crippen LogP contribution in [0.5, 0.6) is 0 Å². The summed E-state index contributed by atoms with van der Waals surface area (Å²) in [5, 5.41) is 0. The van der Waals surface area contributed by atoms with Crippen molar-refractivity contribution in [3.8, 4) is 11.1 Å². The molecule has 1 aliphatic carbocycles. The number of halogens is 3. The van der Waals surface area contributed by atoms with Gasteiger partial charge in [0.15, 0.2) is 0 Å². The molecule has 1 saturated carbocycles. The summed E-state index contributed by atoms with van der Waals surface area (Å²) in [6, 6.07) is 7.55. The Morgan fingerprint density at radius 2 is 1.59 bits per heavy atom. The smallest absolute Gasteiger partial charge is 0.337 e. The van der Waals surface area contributed by atoms with Gasteiger partial charge in [-0.25, -0.2) is 9.97 Å². The molecule has 0 atom stereocenters. The molecule has 1 aromatic carbocycles. The van der Waals surface area contributed by atoms with Crippen molar-refractivity contribution in [1.29, 1.82) is 0 Å². The molecule has 0 unspecified atom stereocenters. The number of carbonyl (C=O) groups is 1. The van der Waals surface area contributed by atoms with E-state index in [1.165, 1.54) is 19.3 Å². The van der Waals surface area contributed by atoms with Crippen molar-refractivity contribution in [1.82, 2.24) is 19.8 Å². The van der Waals surface area contributed by atoms with Crippen molar-refractivity contribution in [2.45, 2.75) is 37.9 Å². The normalized spacial score (nSPS) is 18.9. The number of amides is 1. The predicted molar refractivity (Wildman–Crippen MR) is 102 cm³/mol. The summed E-state index contributed by atoms with van der Waals surface area (Å²) in [5.74, 6) is -1.17. The lowest BCUT2D eigenvalue weighted by Crippen LogP contribution is -2.42. The van der Waals surface area contributed by atoms with E-state index in [0.29, 0.717) is 22.7 Å². The van der Waals surface area contributed by atoms with E-state index < -0.39 is 12.0 Å². The molecule has 0 bridgehead atoms. The largest absolute Gasteiger partial charge is 0.451 e. The lowest BCUT2D eigenvalue weighted by atomic mass is 9.91. The van der Waals surface area contributed by atoms with Gasteiger partial charge in [0.25, 0.3) is 5.91 Å². The summed E-state index contributed by atoms with van der Waals surface area (Å²) < 4.78 is 37.8. The number of rotatable bonds is 3. The molecule has 0 radical (unpaired) electrons. The van der Waals surface area contributed by atoms with Crippen molar-refractivity contribution in [2.75, 3.05) is 26.2 Å². The fourth-order valence-electron chi connectivity index (χ4n) is 3.87. The first-order chi connectivity index (χ1) is 13.9. The van der Waals surface area contributed by atoms with E-state index in [1.807, 2.05) is 4.90 Å². The van der Waals surface area contributed by atoms with Crippen LogP contribution in [0.4, 0.5) is 13.2 Å². The van der Waals surface area contributed by atoms with Crippen molar-refractivity contribution in [2.24, 2.45) is 0 Å². The highest BCUT2D eigenvalue weighted by molar-refractivity contribution is 5.94. The highest BCUT2D eigenvalue weighted by Gasteiger charge is 2.34. The Morgan fingerprint density at radius 1 is 0.897 bits per heavy atom. The molecule has 8 heteroatoms. The number of hydrogen-bond donors (Lipinski definition) is 0. The van der Waals surface area contributed by atoms with E-state index in [9.17, 15) is 18.0 Å². The van der Waals surface area contributed by atoms with Crippen molar-refractivity contribution in [3.63, 3.8) is 0 Å². The average Bonchev–Trinajstić information content (AvgIpc) is 2.92. The molecular formula is C21H23F3N4O. The number of hydrogen-bond acceptors (Lipinski definition) is 4. The maximum absolute atomic E-state index is 12.9. The Morgan fingerprint density at radius 3 is 2.17 bits per heavy atom. The Kier molecular flexibility index (Phi) is 5.54. The maximum atomic E-state index is 12.9. The Hall–Kier alpha value is -2.48. The molecule has 4 rings (SSSR count). The van der Waals surface area contributed by atoms with E-state index in [1.54, 1.807) is 24.3 Å². The van der Waals surface area contributed by atoms with E-state index in [-0.39, 0.29) is 5.91 Å². The molecule has 2 aromatic rings. The van der Waals surface area contributed by atoms with Crippen molar-refractivity contribution < 1.29 is 18.0 Å². The third-order valence-corrected chi connectivity index (χ3v) is 5.78. The Labute approximate surface area is 167 Å². The molecule has 5 nitrogen and oxygen atoms in total. The first kappa shape index (κ1) is 19.8. The van der Waals surface area contributed by atoms with Crippen LogP contribution >= 0.6 is 0 Å². The second kappa shape index (κ2) is 8.10. The van der Waals surface area contributed by atoms with Gasteiger partial charge in [-0.3, -0.25) is 9.69 Å². The van der Waals surface area contributed by atoms with Gasteiger partial charge < -0.3 is 4.90 Å². The van der Waals surface area contributed by atoms with E-state index in [0.717, 1.165) is 45.0 Å². The molecule has 2 aliphatic rings. The second-order valence-electron chi connectivity index (χ2n) is 7.64. The molecule has 1 aliphatic heterocycles. The van der Waals surface area contributed by atoms with Gasteiger partial charge in [-0.05, 0) is 37.0 Å². The Balaban J connectivity index is 1.41. The fraction of sp³-hybridized carbons (Fsp3) is 0.476. The topological polar surface area (TPSA) is 49.3 Å². The number of aromatic nitrogens is 2. The van der Waals surface area contributed by atoms with Crippen LogP contribution in [0.15, 0.2) is 36.7 Å². The maximum Gasteiger partial charge on any atom is 0.451 e. The fourth-order valence-corrected chi connectivity index (χ4v) is 3.87. The summed E-state index contributed by atoms with van der Waals surface area (Å²) in [6.07, 6.45) is 2.55. The Bertz CT molecular complexity index is 848. The van der Waals surface area contributed by atoms with Gasteiger partial charge in [0.2, 0.25) is 5.82 Å². The van der Waals surface area contributed by atoms with Crippen LogP contribution in [-0.2, 0) is 6.18 Å². The molecule has 1 aromatic heterocycles. The minimum atomic E-state index is -4.56. The van der Waals surface area contributed by atoms with Crippen LogP contribution < -0.4 is 0 Å². The summed E-state index contributed by atoms with van der Waals surface area (Å²) in [6.45, 7) is 3.43. The summed E-state index contributed by atoms with van der Waals surface area (Å²) in [4.78, 5) is 24.0. The van der Waals surface area contributed by atoms with Gasteiger partial charge in [-0.1, -0.05) is 18.6 Å². The molecule has 1 amide bonds. The van der Waals surface area contributed by atoms with Crippen LogP contribution in [0.25, 0.3) is 11.1 Å². The summed E-state index contributed by atoms with van der Waals surface area (Å²) in [7, 11) is 0. The molecular weight excluding hydrogens is 381 g/mol. The molecule has 2 heterocycles. The zero-order chi connectivity index (χ0) is 20.4. The lowest BCUT2D eigenvalue weighted by Gasteiger charge is -2.36. The van der Waals surface area contributed by atoms with Crippen LogP contribution in [0.3, 0.4) is 0 Å².